The van der Waals surface area contributed by atoms with Crippen molar-refractivity contribution in [1.29, 1.82) is 0 Å². The van der Waals surface area contributed by atoms with Gasteiger partial charge < -0.3 is 9.64 Å². The highest BCUT2D eigenvalue weighted by molar-refractivity contribution is 7.89. The van der Waals surface area contributed by atoms with Crippen LogP contribution in [-0.4, -0.2) is 60.5 Å². The van der Waals surface area contributed by atoms with Crippen LogP contribution < -0.4 is 0 Å². The molecule has 10 heteroatoms. The normalized spacial score (nSPS) is 17.1. The molecule has 0 aromatic carbocycles. The summed E-state index contributed by atoms with van der Waals surface area (Å²) in [5, 5.41) is 0. The summed E-state index contributed by atoms with van der Waals surface area (Å²) < 4.78 is 58.9. The summed E-state index contributed by atoms with van der Waals surface area (Å²) >= 11 is 0. The summed E-state index contributed by atoms with van der Waals surface area (Å²) in [6.45, 7) is 7.91. The molecule has 1 aliphatic heterocycles. The lowest BCUT2D eigenvalue weighted by molar-refractivity contribution is 0.0124. The molecule has 0 unspecified atom stereocenters. The van der Waals surface area contributed by atoms with E-state index >= 15 is 0 Å². The minimum absolute atomic E-state index is 0.0172. The number of rotatable bonds is 3. The Labute approximate surface area is 158 Å². The summed E-state index contributed by atoms with van der Waals surface area (Å²) in [5.74, 6) is -3.15. The number of aromatic nitrogens is 1. The molecule has 1 amide bonds. The molecule has 0 spiro atoms. The minimum Gasteiger partial charge on any atom is -0.444 e. The van der Waals surface area contributed by atoms with Gasteiger partial charge in [-0.3, -0.25) is 4.98 Å². The smallest absolute Gasteiger partial charge is 0.410 e. The molecular formula is C17H25F2N3O4S. The van der Waals surface area contributed by atoms with E-state index in [2.05, 4.69) is 4.98 Å². The number of alkyl halides is 2. The lowest BCUT2D eigenvalue weighted by atomic mass is 10.2. The Morgan fingerprint density at radius 3 is 2.11 bits per heavy atom. The molecule has 1 fully saturated rings. The van der Waals surface area contributed by atoms with Gasteiger partial charge in [0.25, 0.3) is 5.92 Å². The van der Waals surface area contributed by atoms with Crippen molar-refractivity contribution in [3.63, 3.8) is 0 Å². The third-order valence-electron chi connectivity index (χ3n) is 4.00. The maximum atomic E-state index is 13.4. The average molecular weight is 405 g/mol. The fourth-order valence-electron chi connectivity index (χ4n) is 2.64. The molecule has 0 atom stereocenters. The molecule has 0 radical (unpaired) electrons. The molecule has 1 aliphatic rings. The van der Waals surface area contributed by atoms with Gasteiger partial charge in [-0.25, -0.2) is 13.2 Å². The summed E-state index contributed by atoms with van der Waals surface area (Å²) in [6, 6.07) is 2.18. The number of halogens is 2. The number of sulfonamides is 1. The Hall–Kier alpha value is -1.81. The number of carbonyl (C=O) groups is 1. The number of nitrogens with zero attached hydrogens (tertiary/aromatic N) is 3. The molecular weight excluding hydrogens is 380 g/mol. The third kappa shape index (κ3) is 5.13. The topological polar surface area (TPSA) is 79.8 Å². The summed E-state index contributed by atoms with van der Waals surface area (Å²) in [7, 11) is -3.89. The van der Waals surface area contributed by atoms with E-state index in [0.29, 0.717) is 6.92 Å². The highest BCUT2D eigenvalue weighted by atomic mass is 32.2. The second kappa shape index (κ2) is 7.31. The molecule has 0 N–H and O–H groups in total. The first-order chi connectivity index (χ1) is 12.2. The molecule has 1 saturated heterocycles. The zero-order chi connectivity index (χ0) is 20.6. The Morgan fingerprint density at radius 2 is 1.67 bits per heavy atom. The van der Waals surface area contributed by atoms with Gasteiger partial charge in [0.2, 0.25) is 10.0 Å². The van der Waals surface area contributed by atoms with Crippen molar-refractivity contribution in [3.8, 4) is 0 Å². The van der Waals surface area contributed by atoms with Crippen molar-refractivity contribution >= 4 is 16.1 Å². The number of pyridine rings is 1. The van der Waals surface area contributed by atoms with Gasteiger partial charge in [-0.1, -0.05) is 0 Å². The maximum absolute atomic E-state index is 13.4. The molecule has 1 aromatic heterocycles. The van der Waals surface area contributed by atoms with E-state index in [9.17, 15) is 22.0 Å². The van der Waals surface area contributed by atoms with Gasteiger partial charge >= 0.3 is 6.09 Å². The van der Waals surface area contributed by atoms with E-state index in [-0.39, 0.29) is 36.8 Å². The number of hydrogen-bond donors (Lipinski definition) is 0. The van der Waals surface area contributed by atoms with Gasteiger partial charge in [0, 0.05) is 33.1 Å². The second-order valence-electron chi connectivity index (χ2n) is 7.54. The monoisotopic (exact) mass is 405 g/mol. The molecule has 0 aliphatic carbocycles. The molecule has 1 aromatic rings. The van der Waals surface area contributed by atoms with Crippen LogP contribution in [0.4, 0.5) is 13.6 Å². The fourth-order valence-corrected chi connectivity index (χ4v) is 4.22. The highest BCUT2D eigenvalue weighted by Crippen LogP contribution is 2.28. The number of carbonyl (C=O) groups excluding carboxylic acids is 1. The second-order valence-corrected chi connectivity index (χ2v) is 9.45. The Morgan fingerprint density at radius 1 is 1.11 bits per heavy atom. The zero-order valence-electron chi connectivity index (χ0n) is 16.1. The average Bonchev–Trinajstić information content (AvgIpc) is 2.52. The first kappa shape index (κ1) is 21.5. The number of piperazine rings is 1. The van der Waals surface area contributed by atoms with Crippen molar-refractivity contribution in [2.75, 3.05) is 26.2 Å². The molecule has 0 bridgehead atoms. The van der Waals surface area contributed by atoms with Gasteiger partial charge in [-0.2, -0.15) is 13.1 Å². The van der Waals surface area contributed by atoms with Gasteiger partial charge in [-0.15, -0.1) is 0 Å². The molecule has 7 nitrogen and oxygen atoms in total. The van der Waals surface area contributed by atoms with E-state index in [1.807, 2.05) is 0 Å². The van der Waals surface area contributed by atoms with Gasteiger partial charge in [0.15, 0.2) is 0 Å². The fraction of sp³-hybridized carbons (Fsp3) is 0.647. The van der Waals surface area contributed by atoms with Crippen LogP contribution in [0.1, 0.15) is 39.1 Å². The molecule has 0 saturated carbocycles. The Bertz CT molecular complexity index is 808. The minimum atomic E-state index is -3.89. The Balaban J connectivity index is 2.12. The molecule has 152 valence electrons. The SMILES string of the molecule is Cc1nc(C(C)(F)F)ccc1S(=O)(=O)N1CCN(C(=O)OC(C)(C)C)CC1. The Kier molecular flexibility index (Phi) is 5.82. The van der Waals surface area contributed by atoms with Crippen LogP contribution in [-0.2, 0) is 20.7 Å². The lowest BCUT2D eigenvalue weighted by Gasteiger charge is -2.35. The van der Waals surface area contributed by atoms with Crippen LogP contribution in [0.5, 0.6) is 0 Å². The van der Waals surface area contributed by atoms with Crippen LogP contribution in [0.2, 0.25) is 0 Å². The van der Waals surface area contributed by atoms with Crippen LogP contribution in [0, 0.1) is 6.92 Å². The predicted molar refractivity (Wildman–Crippen MR) is 95.1 cm³/mol. The number of ether oxygens (including phenoxy) is 1. The van der Waals surface area contributed by atoms with Crippen molar-refractivity contribution in [3.05, 3.63) is 23.5 Å². The first-order valence-corrected chi connectivity index (χ1v) is 10.00. The molecule has 2 heterocycles. The van der Waals surface area contributed by atoms with Crippen molar-refractivity contribution in [2.24, 2.45) is 0 Å². The van der Waals surface area contributed by atoms with Crippen LogP contribution >= 0.6 is 0 Å². The standard InChI is InChI=1S/C17H25F2N3O4S/c1-12-13(6-7-14(20-12)17(5,18)19)27(24,25)22-10-8-21(9-11-22)15(23)26-16(2,3)4/h6-7H,8-11H2,1-5H3. The van der Waals surface area contributed by atoms with E-state index in [4.69, 9.17) is 4.74 Å². The number of hydrogen-bond acceptors (Lipinski definition) is 5. The number of aryl methyl sites for hydroxylation is 1. The van der Waals surface area contributed by atoms with Crippen LogP contribution in [0.15, 0.2) is 17.0 Å². The van der Waals surface area contributed by atoms with Gasteiger partial charge in [0.05, 0.1) is 5.69 Å². The van der Waals surface area contributed by atoms with Gasteiger partial charge in [-0.05, 0) is 39.8 Å². The van der Waals surface area contributed by atoms with Crippen molar-refractivity contribution < 1.29 is 26.7 Å². The quantitative estimate of drug-likeness (QED) is 0.773. The summed E-state index contributed by atoms with van der Waals surface area (Å²) in [4.78, 5) is 17.2. The summed E-state index contributed by atoms with van der Waals surface area (Å²) in [6.07, 6.45) is -0.494. The van der Waals surface area contributed by atoms with Crippen molar-refractivity contribution in [2.45, 2.75) is 51.0 Å². The lowest BCUT2D eigenvalue weighted by Crippen LogP contribution is -2.51. The van der Waals surface area contributed by atoms with E-state index in [1.165, 1.54) is 16.1 Å². The number of amides is 1. The van der Waals surface area contributed by atoms with Crippen molar-refractivity contribution in [1.82, 2.24) is 14.2 Å². The van der Waals surface area contributed by atoms with E-state index in [1.54, 1.807) is 20.8 Å². The predicted octanol–water partition coefficient (Wildman–Crippen LogP) is 2.74. The van der Waals surface area contributed by atoms with Crippen LogP contribution in [0.3, 0.4) is 0 Å². The van der Waals surface area contributed by atoms with E-state index in [0.717, 1.165) is 12.1 Å². The third-order valence-corrected chi connectivity index (χ3v) is 6.03. The largest absolute Gasteiger partial charge is 0.444 e. The maximum Gasteiger partial charge on any atom is 0.410 e. The zero-order valence-corrected chi connectivity index (χ0v) is 16.9. The molecule has 2 rings (SSSR count). The first-order valence-electron chi connectivity index (χ1n) is 8.56. The van der Waals surface area contributed by atoms with E-state index < -0.39 is 33.3 Å². The highest BCUT2D eigenvalue weighted by Gasteiger charge is 2.34. The van der Waals surface area contributed by atoms with Crippen LogP contribution in [0.25, 0.3) is 0 Å². The molecule has 27 heavy (non-hydrogen) atoms. The summed E-state index contributed by atoms with van der Waals surface area (Å²) in [5.41, 5.74) is -1.09. The van der Waals surface area contributed by atoms with Gasteiger partial charge in [0.1, 0.15) is 16.2 Å².